The molecule has 0 bridgehead atoms. The predicted molar refractivity (Wildman–Crippen MR) is 182 cm³/mol. The van der Waals surface area contributed by atoms with Gasteiger partial charge in [-0.3, -0.25) is 9.69 Å². The van der Waals surface area contributed by atoms with Crippen LogP contribution >= 0.6 is 0 Å². The van der Waals surface area contributed by atoms with E-state index in [2.05, 4.69) is 15.1 Å². The predicted octanol–water partition coefficient (Wildman–Crippen LogP) is 5.61. The Morgan fingerprint density at radius 2 is 1.81 bits per heavy atom. The fourth-order valence-electron chi connectivity index (χ4n) is 6.76. The van der Waals surface area contributed by atoms with Gasteiger partial charge in [-0.1, -0.05) is 42.5 Å². The summed E-state index contributed by atoms with van der Waals surface area (Å²) in [5.41, 5.74) is 6.82. The third kappa shape index (κ3) is 7.95. The number of piperidine rings is 1. The van der Waals surface area contributed by atoms with Gasteiger partial charge in [0.25, 0.3) is 0 Å². The number of carbonyl (C=O) groups excluding carboxylic acids is 3. The van der Waals surface area contributed by atoms with Gasteiger partial charge in [-0.15, -0.1) is 0 Å². The van der Waals surface area contributed by atoms with E-state index >= 15 is 0 Å². The number of aldehydes is 1. The fraction of sp³-hybridized carbons (Fsp3) is 0.389. The number of benzene rings is 2. The maximum absolute atomic E-state index is 14.7. The van der Waals surface area contributed by atoms with Crippen molar-refractivity contribution in [2.45, 2.75) is 58.0 Å². The zero-order valence-corrected chi connectivity index (χ0v) is 28.6. The molecule has 2 aromatic carbocycles. The van der Waals surface area contributed by atoms with Crippen LogP contribution in [0.3, 0.4) is 0 Å². The molecular weight excluding hydrogens is 683 g/mol. The third-order valence-electron chi connectivity index (χ3n) is 9.34. The molecule has 1 unspecified atom stereocenters. The maximum Gasteiger partial charge on any atom is 0.429 e. The minimum Gasteiger partial charge on any atom is -0.464 e. The summed E-state index contributed by atoms with van der Waals surface area (Å²) in [7, 11) is 0. The number of aryl methyl sites for hydroxylation is 1. The first-order chi connectivity index (χ1) is 24.9. The molecule has 0 aliphatic carbocycles. The van der Waals surface area contributed by atoms with E-state index in [0.717, 1.165) is 5.56 Å². The van der Waals surface area contributed by atoms with E-state index in [4.69, 9.17) is 19.9 Å². The Labute approximate surface area is 297 Å². The summed E-state index contributed by atoms with van der Waals surface area (Å²) in [4.78, 5) is 49.3. The molecule has 0 saturated carbocycles. The zero-order chi connectivity index (χ0) is 37.0. The minimum absolute atomic E-state index is 0.0132. The van der Waals surface area contributed by atoms with Gasteiger partial charge in [0, 0.05) is 43.0 Å². The first-order valence-corrected chi connectivity index (χ1v) is 16.8. The number of rotatable bonds is 10. The number of esters is 1. The molecule has 6 rings (SSSR count). The molecule has 1 spiro atoms. The molecule has 16 heteroatoms. The molecule has 0 radical (unpaired) electrons. The highest BCUT2D eigenvalue weighted by Crippen LogP contribution is 2.45. The van der Waals surface area contributed by atoms with Crippen molar-refractivity contribution in [2.24, 2.45) is 5.41 Å². The Kier molecular flexibility index (Phi) is 10.4. The van der Waals surface area contributed by atoms with Crippen LogP contribution in [0.25, 0.3) is 5.69 Å². The number of nitrogens with zero attached hydrogens (tertiary/aromatic N) is 6. The quantitative estimate of drug-likeness (QED) is 0.161. The van der Waals surface area contributed by atoms with Crippen LogP contribution in [0.1, 0.15) is 59.5 Å². The number of aromatic nitrogens is 4. The van der Waals surface area contributed by atoms with Crippen LogP contribution in [-0.2, 0) is 20.9 Å². The lowest BCUT2D eigenvalue weighted by Crippen LogP contribution is -2.43. The van der Waals surface area contributed by atoms with E-state index in [-0.39, 0.29) is 48.3 Å². The second-order valence-corrected chi connectivity index (χ2v) is 12.9. The van der Waals surface area contributed by atoms with Crippen molar-refractivity contribution in [1.82, 2.24) is 24.6 Å². The van der Waals surface area contributed by atoms with Crippen molar-refractivity contribution in [1.29, 1.82) is 0 Å². The van der Waals surface area contributed by atoms with Gasteiger partial charge in [-0.05, 0) is 56.2 Å². The molecule has 274 valence electrons. The summed E-state index contributed by atoms with van der Waals surface area (Å²) in [5.74, 6) is -0.933. The Morgan fingerprint density at radius 3 is 2.46 bits per heavy atom. The Balaban J connectivity index is 1.19. The summed E-state index contributed by atoms with van der Waals surface area (Å²) in [6.07, 6.45) is -4.55. The van der Waals surface area contributed by atoms with Crippen molar-refractivity contribution in [3.63, 3.8) is 0 Å². The number of carbonyl (C=O) groups is 3. The van der Waals surface area contributed by atoms with Crippen LogP contribution in [-0.4, -0.2) is 81.5 Å². The normalized spacial score (nSPS) is 17.5. The number of hydrogen-bond donors (Lipinski definition) is 1. The first-order valence-electron chi connectivity index (χ1n) is 16.8. The van der Waals surface area contributed by atoms with E-state index in [1.54, 1.807) is 19.9 Å². The van der Waals surface area contributed by atoms with E-state index in [9.17, 15) is 27.6 Å². The molecule has 2 aliphatic heterocycles. The molecule has 2 N–H and O–H groups in total. The van der Waals surface area contributed by atoms with Crippen molar-refractivity contribution >= 4 is 30.1 Å². The summed E-state index contributed by atoms with van der Waals surface area (Å²) >= 11 is 0. The van der Waals surface area contributed by atoms with Gasteiger partial charge in [-0.25, -0.2) is 14.3 Å². The van der Waals surface area contributed by atoms with Gasteiger partial charge in [-0.2, -0.15) is 28.2 Å². The summed E-state index contributed by atoms with van der Waals surface area (Å²) < 4.78 is 61.7. The molecule has 52 heavy (non-hydrogen) atoms. The van der Waals surface area contributed by atoms with Crippen LogP contribution in [0.5, 0.6) is 5.88 Å². The van der Waals surface area contributed by atoms with E-state index in [1.165, 1.54) is 40.0 Å². The number of nitrogen functional groups attached to an aromatic ring is 1. The summed E-state index contributed by atoms with van der Waals surface area (Å²) in [6.45, 7) is 4.67. The molecule has 2 aromatic heterocycles. The summed E-state index contributed by atoms with van der Waals surface area (Å²) in [5, 5.41) is 4.24. The monoisotopic (exact) mass is 721 g/mol. The molecule has 4 heterocycles. The van der Waals surface area contributed by atoms with Gasteiger partial charge in [0.2, 0.25) is 17.9 Å². The van der Waals surface area contributed by atoms with Gasteiger partial charge < -0.3 is 24.8 Å². The summed E-state index contributed by atoms with van der Waals surface area (Å²) in [6, 6.07) is 15.1. The van der Waals surface area contributed by atoms with Crippen molar-refractivity contribution in [2.75, 3.05) is 36.9 Å². The maximum atomic E-state index is 14.7. The highest BCUT2D eigenvalue weighted by molar-refractivity contribution is 5.82. The fourth-order valence-corrected chi connectivity index (χ4v) is 6.76. The number of ether oxygens (including phenoxy) is 3. The van der Waals surface area contributed by atoms with E-state index in [0.29, 0.717) is 44.3 Å². The average molecular weight is 722 g/mol. The van der Waals surface area contributed by atoms with E-state index < -0.39 is 41.7 Å². The average Bonchev–Trinajstić information content (AvgIpc) is 3.73. The van der Waals surface area contributed by atoms with Crippen LogP contribution in [0.2, 0.25) is 0 Å². The largest absolute Gasteiger partial charge is 0.464 e. The number of hydrogen-bond acceptors (Lipinski definition) is 11. The first kappa shape index (κ1) is 36.1. The number of amides is 1. The lowest BCUT2D eigenvalue weighted by atomic mass is 9.76. The SMILES string of the molecule is CCOC(=O)[C@@H]1CC2(CCN(c3cc(OC(c4ccc(C=O)cc4-n4ccc(C)n4)C(F)(F)F)nc(N)n3)CC2)CN1C(=O)OCc1ccccc1. The lowest BCUT2D eigenvalue weighted by Gasteiger charge is -2.39. The van der Waals surface area contributed by atoms with Gasteiger partial charge >= 0.3 is 18.2 Å². The van der Waals surface area contributed by atoms with Crippen molar-refractivity contribution in [3.8, 4) is 11.6 Å². The van der Waals surface area contributed by atoms with Crippen LogP contribution < -0.4 is 15.4 Å². The second kappa shape index (κ2) is 14.9. The number of likely N-dealkylation sites (tertiary alicyclic amines) is 1. The minimum atomic E-state index is -4.90. The Morgan fingerprint density at radius 1 is 1.06 bits per heavy atom. The molecule has 1 amide bonds. The van der Waals surface area contributed by atoms with Crippen molar-refractivity contribution < 1.29 is 41.8 Å². The molecule has 2 aliphatic rings. The highest BCUT2D eigenvalue weighted by Gasteiger charge is 2.51. The Bertz CT molecular complexity index is 1910. The molecule has 2 fully saturated rings. The molecule has 13 nitrogen and oxygen atoms in total. The topological polar surface area (TPSA) is 155 Å². The lowest BCUT2D eigenvalue weighted by molar-refractivity contribution is -0.198. The second-order valence-electron chi connectivity index (χ2n) is 12.9. The smallest absolute Gasteiger partial charge is 0.429 e. The number of alkyl halides is 3. The molecular formula is C36H38F3N7O6. The molecule has 2 atom stereocenters. The Hall–Kier alpha value is -5.67. The number of nitrogens with two attached hydrogens (primary N) is 1. The zero-order valence-electron chi connectivity index (χ0n) is 28.6. The standard InChI is InChI=1S/C36H38F3N7O6/c1-3-50-32(48)28-19-35(22-45(28)34(49)51-21-24-7-5-4-6-8-24)12-15-44(16-13-35)29-18-30(42-33(40)41-29)52-31(36(37,38)39)26-10-9-25(20-47)17-27(26)46-14-11-23(2)43-46/h4-11,14,17-18,20,28,31H,3,12-13,15-16,19,21-22H2,1-2H3,(H2,40,41,42)/t28-,31?/m0/s1. The molecule has 4 aromatic rings. The number of halogens is 3. The third-order valence-corrected chi connectivity index (χ3v) is 9.34. The van der Waals surface area contributed by atoms with E-state index in [1.807, 2.05) is 35.2 Å². The number of anilines is 2. The van der Waals surface area contributed by atoms with Crippen LogP contribution in [0.4, 0.5) is 29.7 Å². The molecule has 2 saturated heterocycles. The van der Waals surface area contributed by atoms with Crippen LogP contribution in [0, 0.1) is 12.3 Å². The van der Waals surface area contributed by atoms with Gasteiger partial charge in [0.1, 0.15) is 24.8 Å². The van der Waals surface area contributed by atoms with Gasteiger partial charge in [0.05, 0.1) is 18.0 Å². The van der Waals surface area contributed by atoms with Crippen LogP contribution in [0.15, 0.2) is 66.9 Å². The van der Waals surface area contributed by atoms with Crippen molar-refractivity contribution in [3.05, 3.63) is 89.2 Å². The highest BCUT2D eigenvalue weighted by atomic mass is 19.4. The van der Waals surface area contributed by atoms with Gasteiger partial charge in [0.15, 0.2) is 0 Å².